The van der Waals surface area contributed by atoms with Crippen molar-refractivity contribution in [3.05, 3.63) is 23.1 Å². The maximum absolute atomic E-state index is 12.5. The Hall–Kier alpha value is -1.92. The van der Waals surface area contributed by atoms with Gasteiger partial charge in [0.2, 0.25) is 0 Å². The standard InChI is InChI=1S/C13H12N8O4S3.Li/c22-7(1-20-4-14-18-19-20)16-8-10(23)21-9(12(24)25)6(2-26-11(8)21)3-27-13-17-15-5-28-13;/h4-5,8,11H,1-3H2,(H,16,22)(H,24,25);/q;+1/p-1. The van der Waals surface area contributed by atoms with Gasteiger partial charge in [-0.3, -0.25) is 14.7 Å². The van der Waals surface area contributed by atoms with E-state index in [0.29, 0.717) is 17.1 Å². The number of β-lactam (4-membered cyclic amide) rings is 1. The first-order valence-electron chi connectivity index (χ1n) is 7.78. The van der Waals surface area contributed by atoms with Gasteiger partial charge in [0.25, 0.3) is 5.91 Å². The van der Waals surface area contributed by atoms with Crippen LogP contribution in [0.2, 0.25) is 0 Å². The summed E-state index contributed by atoms with van der Waals surface area (Å²) in [6.07, 6.45) is 1.27. The zero-order valence-electron chi connectivity index (χ0n) is 14.9. The van der Waals surface area contributed by atoms with Crippen molar-refractivity contribution in [1.82, 2.24) is 35.3 Å². The second-order valence-electron chi connectivity index (χ2n) is 5.64. The first-order chi connectivity index (χ1) is 13.5. The molecule has 0 aliphatic carbocycles. The van der Waals surface area contributed by atoms with E-state index in [0.717, 1.165) is 4.34 Å². The number of carbonyl (C=O) groups excluding carboxylic acids is 1. The second-order valence-corrected chi connectivity index (χ2v) is 8.80. The van der Waals surface area contributed by atoms with Crippen LogP contribution in [0.25, 0.3) is 0 Å². The minimum absolute atomic E-state index is 0. The van der Waals surface area contributed by atoms with Crippen molar-refractivity contribution in [3.8, 4) is 0 Å². The number of aliphatic imine (C=N–C) groups is 1. The van der Waals surface area contributed by atoms with Crippen LogP contribution >= 0.6 is 34.9 Å². The summed E-state index contributed by atoms with van der Waals surface area (Å²) in [5.41, 5.74) is 2.18. The molecule has 2 aromatic rings. The molecule has 146 valence electrons. The number of amides is 1. The van der Waals surface area contributed by atoms with Crippen LogP contribution in [0.4, 0.5) is 0 Å². The van der Waals surface area contributed by atoms with Gasteiger partial charge in [-0.1, -0.05) is 23.1 Å². The summed E-state index contributed by atoms with van der Waals surface area (Å²) < 4.78 is 1.92. The number of tetrazole rings is 1. The number of nitrogens with zero attached hydrogens (tertiary/aromatic N) is 8. The van der Waals surface area contributed by atoms with Crippen LogP contribution in [0.5, 0.6) is 0 Å². The van der Waals surface area contributed by atoms with Crippen molar-refractivity contribution < 1.29 is 38.7 Å². The van der Waals surface area contributed by atoms with Gasteiger partial charge in [0.15, 0.2) is 10.4 Å². The number of carboxylic acids is 1. The van der Waals surface area contributed by atoms with Gasteiger partial charge in [-0.15, -0.1) is 27.1 Å². The number of aliphatic carboxylic acids is 1. The molecule has 0 radical (unpaired) electrons. The molecule has 2 unspecified atom stereocenters. The Morgan fingerprint density at radius 3 is 2.93 bits per heavy atom. The molecule has 29 heavy (non-hydrogen) atoms. The fraction of sp³-hybridized carbons (Fsp3) is 0.385. The Bertz CT molecular complexity index is 951. The average molecular weight is 446 g/mol. The van der Waals surface area contributed by atoms with E-state index < -0.39 is 29.2 Å². The summed E-state index contributed by atoms with van der Waals surface area (Å²) in [6.45, 7) is -0.181. The minimum atomic E-state index is -1.18. The Morgan fingerprint density at radius 1 is 1.45 bits per heavy atom. The number of aromatic nitrogens is 6. The molecule has 16 heteroatoms. The van der Waals surface area contributed by atoms with E-state index in [-0.39, 0.29) is 31.1 Å². The van der Waals surface area contributed by atoms with Crippen molar-refractivity contribution >= 4 is 52.6 Å². The molecule has 0 aromatic carbocycles. The largest absolute Gasteiger partial charge is 1.00 e. The molecule has 2 aliphatic heterocycles. The van der Waals surface area contributed by atoms with Gasteiger partial charge >= 0.3 is 24.8 Å². The van der Waals surface area contributed by atoms with E-state index in [4.69, 9.17) is 0 Å². The van der Waals surface area contributed by atoms with Gasteiger partial charge in [-0.2, -0.15) is 0 Å². The monoisotopic (exact) mass is 446 g/mol. The molecule has 12 nitrogen and oxygen atoms in total. The summed E-state index contributed by atoms with van der Waals surface area (Å²) in [5.74, 6) is -1.41. The zero-order chi connectivity index (χ0) is 19.7. The summed E-state index contributed by atoms with van der Waals surface area (Å²) in [4.78, 5) is 29.4. The third-order valence-corrected chi connectivity index (χ3v) is 7.18. The number of fused-ring (bicyclic) bond motifs is 1. The van der Waals surface area contributed by atoms with Gasteiger partial charge in [0.05, 0.1) is 6.54 Å². The Labute approximate surface area is 188 Å². The van der Waals surface area contributed by atoms with E-state index in [1.165, 1.54) is 50.8 Å². The Balaban J connectivity index is 0.00000240. The van der Waals surface area contributed by atoms with Crippen molar-refractivity contribution in [3.63, 3.8) is 0 Å². The molecule has 1 N–H and O–H groups in total. The molecule has 2 aliphatic rings. The van der Waals surface area contributed by atoms with Crippen LogP contribution in [0, 0.1) is 0 Å². The van der Waals surface area contributed by atoms with Crippen LogP contribution in [0.1, 0.15) is 0 Å². The van der Waals surface area contributed by atoms with Crippen LogP contribution in [-0.4, -0.2) is 81.1 Å². The third-order valence-electron chi connectivity index (χ3n) is 3.90. The predicted molar refractivity (Wildman–Crippen MR) is 97.4 cm³/mol. The van der Waals surface area contributed by atoms with Crippen LogP contribution in [0.3, 0.4) is 0 Å². The topological polar surface area (TPSA) is 162 Å². The summed E-state index contributed by atoms with van der Waals surface area (Å²) in [7, 11) is 0. The molecule has 0 bridgehead atoms. The van der Waals surface area contributed by atoms with E-state index >= 15 is 0 Å². The molecule has 4 rings (SSSR count). The van der Waals surface area contributed by atoms with Gasteiger partial charge < -0.3 is 10.2 Å². The molecule has 4 heterocycles. The van der Waals surface area contributed by atoms with Crippen LogP contribution in [-0.2, 0) is 16.1 Å². The average Bonchev–Trinajstić information content (AvgIpc) is 3.37. The number of hydrogen-bond donors (Lipinski definition) is 1. The van der Waals surface area contributed by atoms with Gasteiger partial charge in [-0.05, 0) is 21.9 Å². The SMILES string of the molecule is O=C(O)C1=C(CSc2nncs2)CSC2C(N=C([O-])Cn3cnnn3)C(=O)N12.[Li+]. The molecule has 1 saturated heterocycles. The smallest absolute Gasteiger partial charge is 0.861 e. The third kappa shape index (κ3) is 4.48. The number of hydrogen-bond acceptors (Lipinski definition) is 12. The molecule has 0 saturated carbocycles. The summed E-state index contributed by atoms with van der Waals surface area (Å²) >= 11 is 4.12. The van der Waals surface area contributed by atoms with E-state index in [9.17, 15) is 19.8 Å². The molecule has 1 amide bonds. The van der Waals surface area contributed by atoms with Gasteiger partial charge in [0, 0.05) is 11.5 Å². The minimum Gasteiger partial charge on any atom is -0.861 e. The molecule has 1 fully saturated rings. The zero-order valence-corrected chi connectivity index (χ0v) is 17.4. The van der Waals surface area contributed by atoms with Crippen molar-refractivity contribution in [2.75, 3.05) is 11.5 Å². The van der Waals surface area contributed by atoms with Crippen molar-refractivity contribution in [2.45, 2.75) is 22.3 Å². The van der Waals surface area contributed by atoms with Crippen molar-refractivity contribution in [1.29, 1.82) is 0 Å². The predicted octanol–water partition coefficient (Wildman–Crippen LogP) is -4.30. The van der Waals surface area contributed by atoms with Crippen LogP contribution < -0.4 is 24.0 Å². The van der Waals surface area contributed by atoms with E-state index in [1.807, 2.05) is 0 Å². The normalized spacial score (nSPS) is 21.4. The molecule has 2 atom stereocenters. The van der Waals surface area contributed by atoms with Gasteiger partial charge in [0.1, 0.15) is 22.9 Å². The first kappa shape index (κ1) is 21.8. The van der Waals surface area contributed by atoms with Crippen LogP contribution in [0.15, 0.2) is 32.4 Å². The quantitative estimate of drug-likeness (QED) is 0.144. The first-order valence-corrected chi connectivity index (χ1v) is 10.7. The van der Waals surface area contributed by atoms with E-state index in [1.54, 1.807) is 5.51 Å². The summed E-state index contributed by atoms with van der Waals surface area (Å²) in [6, 6.07) is -0.902. The maximum atomic E-state index is 12.5. The number of carbonyl (C=O) groups is 2. The number of thioether (sulfide) groups is 2. The molecule has 2 aromatic heterocycles. The fourth-order valence-corrected chi connectivity index (χ4v) is 5.68. The molecular formula is C13H11LiN8O4S3. The Morgan fingerprint density at radius 2 is 2.28 bits per heavy atom. The summed E-state index contributed by atoms with van der Waals surface area (Å²) in [5, 5.41) is 39.2. The molecule has 0 spiro atoms. The molecular weight excluding hydrogens is 435 g/mol. The maximum Gasteiger partial charge on any atom is 1.00 e. The van der Waals surface area contributed by atoms with Crippen molar-refractivity contribution in [2.24, 2.45) is 4.99 Å². The Kier molecular flexibility index (Phi) is 6.96. The van der Waals surface area contributed by atoms with Gasteiger partial charge in [-0.25, -0.2) is 9.48 Å². The fourth-order valence-electron chi connectivity index (χ4n) is 2.72. The van der Waals surface area contributed by atoms with E-state index in [2.05, 4.69) is 30.7 Å². The number of carboxylic acid groups (broad SMARTS) is 1. The number of rotatable bonds is 7. The second kappa shape index (κ2) is 9.26.